The summed E-state index contributed by atoms with van der Waals surface area (Å²) < 4.78 is 6.12. The van der Waals surface area contributed by atoms with Gasteiger partial charge in [0, 0.05) is 47.8 Å². The number of fused-ring (bicyclic) bond motifs is 3. The Balaban J connectivity index is 1.72. The van der Waals surface area contributed by atoms with E-state index in [1.807, 2.05) is 17.0 Å². The van der Waals surface area contributed by atoms with E-state index in [0.717, 1.165) is 39.3 Å². The number of methoxy groups -OCH3 is 1. The van der Waals surface area contributed by atoms with Crippen molar-refractivity contribution in [1.29, 1.82) is 0 Å². The lowest BCUT2D eigenvalue weighted by Crippen LogP contribution is -2.67. The van der Waals surface area contributed by atoms with Gasteiger partial charge in [-0.15, -0.1) is 0 Å². The molecule has 0 radical (unpaired) electrons. The summed E-state index contributed by atoms with van der Waals surface area (Å²) in [7, 11) is 3.91. The summed E-state index contributed by atoms with van der Waals surface area (Å²) in [4.78, 5) is 18.9. The van der Waals surface area contributed by atoms with Gasteiger partial charge in [-0.25, -0.2) is 0 Å². The first kappa shape index (κ1) is 20.0. The van der Waals surface area contributed by atoms with Crippen molar-refractivity contribution in [3.05, 3.63) is 71.4 Å². The van der Waals surface area contributed by atoms with Gasteiger partial charge in [0.25, 0.3) is 0 Å². The van der Waals surface area contributed by atoms with E-state index in [1.165, 1.54) is 17.3 Å². The summed E-state index contributed by atoms with van der Waals surface area (Å²) >= 11 is 6.53. The van der Waals surface area contributed by atoms with Crippen molar-refractivity contribution >= 4 is 39.8 Å². The Hall–Kier alpha value is -2.89. The van der Waals surface area contributed by atoms with Crippen molar-refractivity contribution in [2.24, 2.45) is 0 Å². The number of benzene rings is 2. The van der Waals surface area contributed by atoms with Crippen molar-refractivity contribution in [1.82, 2.24) is 14.4 Å². The monoisotopic (exact) mass is 434 g/mol. The van der Waals surface area contributed by atoms with Crippen LogP contribution in [0, 0.1) is 6.92 Å². The van der Waals surface area contributed by atoms with Crippen molar-refractivity contribution in [2.75, 3.05) is 27.2 Å². The third kappa shape index (κ3) is 2.47. The van der Waals surface area contributed by atoms with Crippen LogP contribution >= 0.6 is 11.6 Å². The van der Waals surface area contributed by atoms with Crippen LogP contribution in [0.4, 0.5) is 11.4 Å². The van der Waals surface area contributed by atoms with Gasteiger partial charge in [0.05, 0.1) is 31.8 Å². The van der Waals surface area contributed by atoms with Gasteiger partial charge in [-0.1, -0.05) is 18.2 Å². The van der Waals surface area contributed by atoms with Crippen LogP contribution in [0.2, 0.25) is 5.02 Å². The number of aromatic nitrogens is 1. The van der Waals surface area contributed by atoms with Crippen molar-refractivity contribution < 1.29 is 9.53 Å². The number of carbonyl (C=O) groups is 1. The fourth-order valence-corrected chi connectivity index (χ4v) is 5.82. The molecule has 1 fully saturated rings. The van der Waals surface area contributed by atoms with Crippen LogP contribution < -0.4 is 9.22 Å². The third-order valence-corrected chi connectivity index (χ3v) is 7.75. The number of rotatable bonds is 3. The lowest BCUT2D eigenvalue weighted by atomic mass is 9.72. The van der Waals surface area contributed by atoms with Gasteiger partial charge in [-0.2, -0.15) is 0 Å². The molecular formula is C25H25ClN3O2+. The summed E-state index contributed by atoms with van der Waals surface area (Å²) in [5, 5.41) is 1.75. The topological polar surface area (TPSA) is 42.4 Å². The first-order valence-corrected chi connectivity index (χ1v) is 10.8. The van der Waals surface area contributed by atoms with Crippen LogP contribution in [0.1, 0.15) is 17.5 Å². The molecule has 6 heteroatoms. The molecule has 3 heterocycles. The van der Waals surface area contributed by atoms with E-state index >= 15 is 0 Å². The molecule has 1 unspecified atom stereocenters. The van der Waals surface area contributed by atoms with Gasteiger partial charge in [-0.3, -0.25) is 14.3 Å². The summed E-state index contributed by atoms with van der Waals surface area (Å²) in [6.07, 6.45) is 4.04. The molecule has 2 aliphatic heterocycles. The van der Waals surface area contributed by atoms with Gasteiger partial charge in [0.15, 0.2) is 5.54 Å². The second-order valence-electron chi connectivity index (χ2n) is 8.53. The lowest BCUT2D eigenvalue weighted by Gasteiger charge is -2.57. The summed E-state index contributed by atoms with van der Waals surface area (Å²) in [6.45, 7) is 7.09. The highest BCUT2D eigenvalue weighted by Crippen LogP contribution is 2.63. The molecule has 5 rings (SSSR count). The molecular weight excluding hydrogens is 410 g/mol. The summed E-state index contributed by atoms with van der Waals surface area (Å²) in [5.41, 5.74) is 5.36. The average Bonchev–Trinajstić information content (AvgIpc) is 3.27. The van der Waals surface area contributed by atoms with Crippen molar-refractivity contribution in [3.63, 3.8) is 0 Å². The maximum absolute atomic E-state index is 12.4. The fourth-order valence-electron chi connectivity index (χ4n) is 5.67. The number of carbonyl (C=O) groups excluding carboxylic acids is 1. The van der Waals surface area contributed by atoms with Gasteiger partial charge >= 0.3 is 0 Å². The number of ether oxygens (including phenoxy) is 1. The number of pyridine rings is 1. The number of hydrogen-bond donors (Lipinski definition) is 0. The van der Waals surface area contributed by atoms with E-state index in [1.54, 1.807) is 13.3 Å². The molecule has 2 aliphatic rings. The zero-order valence-corrected chi connectivity index (χ0v) is 18.7. The second-order valence-corrected chi connectivity index (χ2v) is 8.94. The fraction of sp³-hybridized carbons (Fsp3) is 0.280. The highest BCUT2D eigenvalue weighted by Gasteiger charge is 2.67. The quantitative estimate of drug-likeness (QED) is 0.425. The zero-order valence-electron chi connectivity index (χ0n) is 18.0. The highest BCUT2D eigenvalue weighted by atomic mass is 35.5. The Kier molecular flexibility index (Phi) is 4.40. The number of halogens is 1. The Morgan fingerprint density at radius 1 is 1.32 bits per heavy atom. The molecule has 0 saturated carbocycles. The number of likely N-dealkylation sites (N-methyl/N-ethyl adjacent to an activating group) is 1. The maximum Gasteiger partial charge on any atom is 0.246 e. The first-order chi connectivity index (χ1) is 14.9. The van der Waals surface area contributed by atoms with Crippen molar-refractivity contribution in [3.8, 4) is 5.75 Å². The molecule has 2 atom stereocenters. The normalized spacial score (nSPS) is 24.2. The number of amides is 1. The van der Waals surface area contributed by atoms with Crippen molar-refractivity contribution in [2.45, 2.75) is 18.9 Å². The molecule has 1 spiro atoms. The predicted octanol–water partition coefficient (Wildman–Crippen LogP) is 5.10. The molecule has 5 nitrogen and oxygen atoms in total. The highest BCUT2D eigenvalue weighted by molar-refractivity contribution is 6.31. The van der Waals surface area contributed by atoms with E-state index in [4.69, 9.17) is 16.3 Å². The minimum Gasteiger partial charge on any atom is -0.496 e. The van der Waals surface area contributed by atoms with Crippen LogP contribution in [0.15, 0.2) is 55.3 Å². The van der Waals surface area contributed by atoms with Crippen LogP contribution in [0.3, 0.4) is 0 Å². The standard InChI is InChI=1S/C25H25ClN3O2/c1-5-23(30)28-13-11-25(15-28)24-16(2)19(26)8-9-21(24)29(25,3)17-6-7-18-20(14-17)27-12-10-22(18)31-4/h5-10,12,14H,1,11,13,15H2,2-4H3/q+1/t25-,29?/m0/s1. The molecule has 1 amide bonds. The Labute approximate surface area is 187 Å². The molecule has 2 aromatic carbocycles. The van der Waals surface area contributed by atoms with E-state index in [2.05, 4.69) is 49.8 Å². The van der Waals surface area contributed by atoms with Crippen LogP contribution in [-0.4, -0.2) is 43.0 Å². The van der Waals surface area contributed by atoms with E-state index in [9.17, 15) is 4.79 Å². The molecule has 1 aromatic heterocycles. The SMILES string of the molecule is C=CC(=O)N1CC[C@]2(C1)c1c(ccc(Cl)c1C)[N+]2(C)c1ccc2c(OC)ccnc2c1. The molecule has 0 bridgehead atoms. The zero-order chi connectivity index (χ0) is 22.0. The summed E-state index contributed by atoms with van der Waals surface area (Å²) in [6, 6.07) is 12.3. The third-order valence-electron chi connectivity index (χ3n) is 7.34. The minimum atomic E-state index is -0.254. The number of quaternary nitrogens is 1. The molecule has 0 N–H and O–H groups in total. The molecule has 158 valence electrons. The van der Waals surface area contributed by atoms with Gasteiger partial charge in [-0.05, 0) is 36.8 Å². The second kappa shape index (κ2) is 6.81. The maximum atomic E-state index is 12.4. The lowest BCUT2D eigenvalue weighted by molar-refractivity contribution is -0.125. The van der Waals surface area contributed by atoms with Gasteiger partial charge in [0.1, 0.15) is 17.1 Å². The predicted molar refractivity (Wildman–Crippen MR) is 125 cm³/mol. The average molecular weight is 435 g/mol. The first-order valence-electron chi connectivity index (χ1n) is 10.4. The van der Waals surface area contributed by atoms with E-state index in [-0.39, 0.29) is 11.4 Å². The molecule has 0 aliphatic carbocycles. The minimum absolute atomic E-state index is 0.0264. The van der Waals surface area contributed by atoms with Gasteiger partial charge < -0.3 is 9.64 Å². The van der Waals surface area contributed by atoms with E-state index < -0.39 is 0 Å². The Morgan fingerprint density at radius 3 is 2.87 bits per heavy atom. The molecule has 3 aromatic rings. The smallest absolute Gasteiger partial charge is 0.246 e. The van der Waals surface area contributed by atoms with Crippen LogP contribution in [0.5, 0.6) is 5.75 Å². The summed E-state index contributed by atoms with van der Waals surface area (Å²) in [5.74, 6) is 0.783. The molecule has 31 heavy (non-hydrogen) atoms. The largest absolute Gasteiger partial charge is 0.496 e. The number of nitrogens with zero attached hydrogens (tertiary/aromatic N) is 3. The molecule has 1 saturated heterocycles. The number of hydrogen-bond acceptors (Lipinski definition) is 3. The van der Waals surface area contributed by atoms with Crippen LogP contribution in [0.25, 0.3) is 10.9 Å². The Morgan fingerprint density at radius 2 is 2.13 bits per heavy atom. The van der Waals surface area contributed by atoms with E-state index in [0.29, 0.717) is 17.6 Å². The Bertz CT molecular complexity index is 1260. The number of likely N-dealkylation sites (tertiary alicyclic amines) is 1. The van der Waals surface area contributed by atoms with Gasteiger partial charge in [0.2, 0.25) is 5.91 Å². The van der Waals surface area contributed by atoms with Crippen LogP contribution in [-0.2, 0) is 10.3 Å².